The van der Waals surface area contributed by atoms with Gasteiger partial charge in [0, 0.05) is 30.4 Å². The molecule has 1 aliphatic rings. The first kappa shape index (κ1) is 22.8. The molecule has 32 heavy (non-hydrogen) atoms. The van der Waals surface area contributed by atoms with Crippen LogP contribution in [-0.2, 0) is 6.54 Å². The largest absolute Gasteiger partial charge is 0.393 e. The average molecular weight is 456 g/mol. The average Bonchev–Trinajstić information content (AvgIpc) is 3.16. The number of nitrogens with one attached hydrogen (secondary N) is 3. The van der Waals surface area contributed by atoms with Gasteiger partial charge < -0.3 is 21.1 Å². The van der Waals surface area contributed by atoms with E-state index < -0.39 is 0 Å². The molecule has 3 heterocycles. The van der Waals surface area contributed by atoms with Gasteiger partial charge in [-0.05, 0) is 58.1 Å². The summed E-state index contributed by atoms with van der Waals surface area (Å²) in [5.41, 5.74) is 1.83. The summed E-state index contributed by atoms with van der Waals surface area (Å²) in [6.07, 6.45) is 7.28. The van der Waals surface area contributed by atoms with Crippen molar-refractivity contribution in [3.8, 4) is 0 Å². The molecule has 4 N–H and O–H groups in total. The van der Waals surface area contributed by atoms with Crippen molar-refractivity contribution in [1.82, 2.24) is 25.3 Å². The zero-order chi connectivity index (χ0) is 22.6. The Kier molecular flexibility index (Phi) is 7.17. The second-order valence-corrected chi connectivity index (χ2v) is 10.2. The highest BCUT2D eigenvalue weighted by molar-refractivity contribution is 7.21. The second kappa shape index (κ2) is 10.1. The summed E-state index contributed by atoms with van der Waals surface area (Å²) < 4.78 is 0. The number of fused-ring (bicyclic) bond motifs is 1. The van der Waals surface area contributed by atoms with Crippen LogP contribution in [-0.4, -0.2) is 42.7 Å². The maximum absolute atomic E-state index is 9.81. The lowest BCUT2D eigenvalue weighted by Gasteiger charge is -2.27. The van der Waals surface area contributed by atoms with E-state index >= 15 is 0 Å². The van der Waals surface area contributed by atoms with Crippen LogP contribution in [0.25, 0.3) is 10.3 Å². The summed E-state index contributed by atoms with van der Waals surface area (Å²) in [5, 5.41) is 21.0. The van der Waals surface area contributed by atoms with Crippen molar-refractivity contribution in [3.63, 3.8) is 0 Å². The molecule has 0 unspecified atom stereocenters. The van der Waals surface area contributed by atoms with E-state index in [0.29, 0.717) is 18.3 Å². The van der Waals surface area contributed by atoms with E-state index in [-0.39, 0.29) is 17.7 Å². The Morgan fingerprint density at radius 2 is 1.97 bits per heavy atom. The van der Waals surface area contributed by atoms with Gasteiger partial charge in [-0.15, -0.1) is 0 Å². The van der Waals surface area contributed by atoms with E-state index in [1.165, 1.54) is 11.3 Å². The summed E-state index contributed by atoms with van der Waals surface area (Å²) in [6, 6.07) is 6.10. The molecule has 3 aromatic heterocycles. The van der Waals surface area contributed by atoms with Gasteiger partial charge in [0.2, 0.25) is 5.95 Å². The number of hydrogen-bond acceptors (Lipinski definition) is 9. The number of rotatable bonds is 9. The molecular formula is C23H33N7OS. The zero-order valence-electron chi connectivity index (χ0n) is 19.1. The van der Waals surface area contributed by atoms with Gasteiger partial charge in [0.15, 0.2) is 5.13 Å². The molecule has 0 bridgehead atoms. The molecule has 4 rings (SSSR count). The van der Waals surface area contributed by atoms with Gasteiger partial charge in [-0.3, -0.25) is 0 Å². The van der Waals surface area contributed by atoms with Crippen LogP contribution in [0.4, 0.5) is 16.9 Å². The van der Waals surface area contributed by atoms with Crippen LogP contribution in [0, 0.1) is 0 Å². The molecular weight excluding hydrogens is 422 g/mol. The first-order chi connectivity index (χ1) is 15.4. The summed E-state index contributed by atoms with van der Waals surface area (Å²) in [6.45, 7) is 7.30. The molecule has 0 spiro atoms. The monoisotopic (exact) mass is 455 g/mol. The van der Waals surface area contributed by atoms with Crippen molar-refractivity contribution in [2.45, 2.75) is 83.5 Å². The van der Waals surface area contributed by atoms with E-state index in [4.69, 9.17) is 9.97 Å². The van der Waals surface area contributed by atoms with Crippen LogP contribution in [0.3, 0.4) is 0 Å². The van der Waals surface area contributed by atoms with Crippen LogP contribution < -0.4 is 16.0 Å². The molecule has 3 aromatic rings. The van der Waals surface area contributed by atoms with Crippen molar-refractivity contribution in [1.29, 1.82) is 0 Å². The minimum atomic E-state index is -0.185. The van der Waals surface area contributed by atoms with E-state index in [1.54, 1.807) is 6.20 Å². The van der Waals surface area contributed by atoms with Crippen LogP contribution in [0.5, 0.6) is 0 Å². The Hall–Kier alpha value is -2.36. The summed E-state index contributed by atoms with van der Waals surface area (Å²) >= 11 is 1.51. The van der Waals surface area contributed by atoms with E-state index in [1.807, 2.05) is 18.2 Å². The van der Waals surface area contributed by atoms with Gasteiger partial charge in [-0.2, -0.15) is 4.98 Å². The van der Waals surface area contributed by atoms with Crippen molar-refractivity contribution in [2.24, 2.45) is 0 Å². The highest BCUT2D eigenvalue weighted by Gasteiger charge is 2.21. The molecule has 0 amide bonds. The third-order valence-corrected chi connectivity index (χ3v) is 6.73. The number of nitrogens with zero attached hydrogens (tertiary/aromatic N) is 4. The number of pyridine rings is 1. The van der Waals surface area contributed by atoms with Crippen molar-refractivity contribution < 1.29 is 5.11 Å². The first-order valence-electron chi connectivity index (χ1n) is 11.5. The fourth-order valence-corrected chi connectivity index (χ4v) is 4.91. The van der Waals surface area contributed by atoms with E-state index in [2.05, 4.69) is 46.7 Å². The fourth-order valence-electron chi connectivity index (χ4n) is 4.10. The number of aliphatic hydroxyl groups excluding tert-OH is 1. The number of anilines is 3. The predicted octanol–water partition coefficient (Wildman–Crippen LogP) is 4.61. The number of thiazole rings is 1. The van der Waals surface area contributed by atoms with Gasteiger partial charge in [0.05, 0.1) is 11.8 Å². The highest BCUT2D eigenvalue weighted by atomic mass is 32.1. The first-order valence-corrected chi connectivity index (χ1v) is 12.3. The van der Waals surface area contributed by atoms with Crippen molar-refractivity contribution >= 4 is 38.6 Å². The zero-order valence-corrected chi connectivity index (χ0v) is 19.9. The molecule has 1 aliphatic carbocycles. The number of aromatic nitrogens is 4. The lowest BCUT2D eigenvalue weighted by molar-refractivity contribution is 0.126. The van der Waals surface area contributed by atoms with Crippen LogP contribution >= 0.6 is 11.3 Å². The molecule has 1 saturated carbocycles. The summed E-state index contributed by atoms with van der Waals surface area (Å²) in [4.78, 5) is 19.4. The minimum Gasteiger partial charge on any atom is -0.393 e. The Balaban J connectivity index is 1.54. The van der Waals surface area contributed by atoms with Crippen molar-refractivity contribution in [2.75, 3.05) is 10.6 Å². The molecule has 0 aliphatic heterocycles. The van der Waals surface area contributed by atoms with Crippen LogP contribution in [0.15, 0.2) is 24.4 Å². The van der Waals surface area contributed by atoms with Crippen LogP contribution in [0.1, 0.15) is 65.0 Å². The van der Waals surface area contributed by atoms with Gasteiger partial charge >= 0.3 is 0 Å². The van der Waals surface area contributed by atoms with Gasteiger partial charge in [-0.1, -0.05) is 24.7 Å². The lowest BCUT2D eigenvalue weighted by atomic mass is 9.93. The van der Waals surface area contributed by atoms with Crippen LogP contribution in [0.2, 0.25) is 0 Å². The Morgan fingerprint density at radius 3 is 2.72 bits per heavy atom. The topological polar surface area (TPSA) is 108 Å². The third kappa shape index (κ3) is 6.11. The third-order valence-electron chi connectivity index (χ3n) is 5.83. The normalized spacial score (nSPS) is 19.2. The van der Waals surface area contributed by atoms with E-state index in [9.17, 15) is 5.11 Å². The molecule has 172 valence electrons. The molecule has 0 saturated heterocycles. The summed E-state index contributed by atoms with van der Waals surface area (Å²) in [7, 11) is 0. The number of aliphatic hydroxyl groups is 1. The smallest absolute Gasteiger partial charge is 0.225 e. The predicted molar refractivity (Wildman–Crippen MR) is 130 cm³/mol. The Labute approximate surface area is 193 Å². The quantitative estimate of drug-likeness (QED) is 0.370. The maximum atomic E-state index is 9.81. The van der Waals surface area contributed by atoms with Gasteiger partial charge in [0.1, 0.15) is 16.2 Å². The molecule has 1 fully saturated rings. The van der Waals surface area contributed by atoms with Gasteiger partial charge in [0.25, 0.3) is 0 Å². The summed E-state index contributed by atoms with van der Waals surface area (Å²) in [5.74, 6) is 1.32. The molecule has 9 heteroatoms. The lowest BCUT2D eigenvalue weighted by Crippen LogP contribution is -2.38. The highest BCUT2D eigenvalue weighted by Crippen LogP contribution is 2.27. The number of hydrogen-bond donors (Lipinski definition) is 4. The van der Waals surface area contributed by atoms with E-state index in [0.717, 1.165) is 59.7 Å². The SMILES string of the molecule is CCCC(C)(C)NCc1cc(Nc2nc3cccnc3s2)nc(N[C@H]2CC[C@H](O)CC2)n1. The molecule has 0 aromatic carbocycles. The standard InChI is InChI=1S/C23H33N7OS/c1-4-11-23(2,3)25-14-16-13-19(30-22-28-18-6-5-12-24-20(18)32-22)29-21(27-16)26-15-7-9-17(31)10-8-15/h5-6,12-13,15,17,25,31H,4,7-11,14H2,1-3H3,(H2,26,27,28,29,30)/t15-,17-. The maximum Gasteiger partial charge on any atom is 0.225 e. The van der Waals surface area contributed by atoms with Gasteiger partial charge in [-0.25, -0.2) is 15.0 Å². The second-order valence-electron chi connectivity index (χ2n) is 9.18. The molecule has 8 nitrogen and oxygen atoms in total. The Morgan fingerprint density at radius 1 is 1.16 bits per heavy atom. The minimum absolute atomic E-state index is 0.0408. The Bertz CT molecular complexity index is 997. The molecule has 0 atom stereocenters. The fraction of sp³-hybridized carbons (Fsp3) is 0.565. The molecule has 0 radical (unpaired) electrons. The van der Waals surface area contributed by atoms with Crippen molar-refractivity contribution in [3.05, 3.63) is 30.1 Å².